The molecule has 1 aromatic rings. The van der Waals surface area contributed by atoms with E-state index in [1.54, 1.807) is 0 Å². The lowest BCUT2D eigenvalue weighted by atomic mass is 10.1. The summed E-state index contributed by atoms with van der Waals surface area (Å²) in [6, 6.07) is 7.58. The Morgan fingerprint density at radius 3 is 2.91 bits per heavy atom. The molecule has 0 saturated heterocycles. The fraction of sp³-hybridized carbons (Fsp3) is 0.111. The van der Waals surface area contributed by atoms with E-state index in [0.29, 0.717) is 6.54 Å². The van der Waals surface area contributed by atoms with Gasteiger partial charge < -0.3 is 10.5 Å². The molecule has 2 heteroatoms. The maximum absolute atomic E-state index is 10.1. The van der Waals surface area contributed by atoms with Gasteiger partial charge in [0, 0.05) is 6.54 Å². The van der Waals surface area contributed by atoms with Gasteiger partial charge in [-0.3, -0.25) is 0 Å². The molecule has 0 aromatic heterocycles. The molecule has 1 aromatic carbocycles. The molecular weight excluding hydrogens is 138 g/mol. The first-order valence-electron chi connectivity index (χ1n) is 3.44. The van der Waals surface area contributed by atoms with Crippen LogP contribution in [0.25, 0.3) is 0 Å². The van der Waals surface area contributed by atoms with Crippen LogP contribution in [-0.4, -0.2) is 6.29 Å². The Bertz CT molecular complexity index is 245. The highest BCUT2D eigenvalue weighted by molar-refractivity contribution is 5.67. The van der Waals surface area contributed by atoms with Crippen LogP contribution in [0.3, 0.4) is 0 Å². The van der Waals surface area contributed by atoms with Crippen molar-refractivity contribution in [2.75, 3.05) is 0 Å². The molecule has 0 atom stereocenters. The molecule has 0 aliphatic heterocycles. The Hall–Kier alpha value is -1.15. The molecule has 0 amide bonds. The summed E-state index contributed by atoms with van der Waals surface area (Å²) in [6.07, 6.45) is 2.29. The van der Waals surface area contributed by atoms with Crippen LogP contribution in [0.5, 0.6) is 0 Å². The smallest absolute Gasteiger partial charge is 0.128 e. The van der Waals surface area contributed by atoms with Crippen molar-refractivity contribution in [2.24, 2.45) is 5.73 Å². The lowest BCUT2D eigenvalue weighted by Gasteiger charge is -1.97. The molecule has 1 radical (unpaired) electrons. The zero-order valence-corrected chi connectivity index (χ0v) is 6.16. The van der Waals surface area contributed by atoms with Gasteiger partial charge in [-0.1, -0.05) is 24.3 Å². The summed E-state index contributed by atoms with van der Waals surface area (Å²) in [5.74, 6) is 0. The van der Waals surface area contributed by atoms with Gasteiger partial charge in [0.05, 0.1) is 6.42 Å². The van der Waals surface area contributed by atoms with Crippen LogP contribution in [0.15, 0.2) is 24.3 Å². The summed E-state index contributed by atoms with van der Waals surface area (Å²) < 4.78 is 0. The summed E-state index contributed by atoms with van der Waals surface area (Å²) in [4.78, 5) is 10.1. The van der Waals surface area contributed by atoms with Gasteiger partial charge in [-0.05, 0) is 11.1 Å². The summed E-state index contributed by atoms with van der Waals surface area (Å²) in [6.45, 7) is 0.514. The van der Waals surface area contributed by atoms with Crippen molar-refractivity contribution in [3.8, 4) is 0 Å². The van der Waals surface area contributed by atoms with Crippen molar-refractivity contribution in [2.45, 2.75) is 6.54 Å². The van der Waals surface area contributed by atoms with Crippen LogP contribution >= 0.6 is 0 Å². The second kappa shape index (κ2) is 3.88. The van der Waals surface area contributed by atoms with E-state index in [1.165, 1.54) is 6.42 Å². The number of rotatable bonds is 3. The van der Waals surface area contributed by atoms with Gasteiger partial charge in [-0.25, -0.2) is 0 Å². The Balaban J connectivity index is 2.82. The monoisotopic (exact) mass is 148 g/mol. The molecule has 2 nitrogen and oxygen atoms in total. The van der Waals surface area contributed by atoms with Crippen molar-refractivity contribution < 1.29 is 4.79 Å². The molecular formula is C9H10NO. The molecule has 1 rings (SSSR count). The van der Waals surface area contributed by atoms with E-state index in [1.807, 2.05) is 24.3 Å². The van der Waals surface area contributed by atoms with Crippen LogP contribution in [0, 0.1) is 6.42 Å². The molecule has 57 valence electrons. The average molecular weight is 148 g/mol. The zero-order valence-electron chi connectivity index (χ0n) is 6.16. The molecule has 0 bridgehead atoms. The van der Waals surface area contributed by atoms with Gasteiger partial charge in [-0.15, -0.1) is 0 Å². The van der Waals surface area contributed by atoms with E-state index < -0.39 is 0 Å². The van der Waals surface area contributed by atoms with Crippen LogP contribution in [0.4, 0.5) is 0 Å². The van der Waals surface area contributed by atoms with Crippen LogP contribution in [-0.2, 0) is 11.3 Å². The molecule has 2 N–H and O–H groups in total. The normalized spacial score (nSPS) is 9.55. The number of benzene rings is 1. The molecule has 0 heterocycles. The summed E-state index contributed by atoms with van der Waals surface area (Å²) in [5.41, 5.74) is 7.36. The lowest BCUT2D eigenvalue weighted by Crippen LogP contribution is -1.96. The van der Waals surface area contributed by atoms with Gasteiger partial charge >= 0.3 is 0 Å². The topological polar surface area (TPSA) is 43.1 Å². The number of hydrogen-bond acceptors (Lipinski definition) is 2. The molecule has 0 unspecified atom stereocenters. The SMILES string of the molecule is NCc1cccc([CH]C=O)c1. The van der Waals surface area contributed by atoms with Crippen molar-refractivity contribution in [3.05, 3.63) is 41.8 Å². The fourth-order valence-electron chi connectivity index (χ4n) is 0.902. The van der Waals surface area contributed by atoms with Crippen molar-refractivity contribution in [3.63, 3.8) is 0 Å². The summed E-state index contributed by atoms with van der Waals surface area (Å²) >= 11 is 0. The van der Waals surface area contributed by atoms with Crippen LogP contribution in [0.1, 0.15) is 11.1 Å². The van der Waals surface area contributed by atoms with Gasteiger partial charge in [0.25, 0.3) is 0 Å². The third-order valence-electron chi connectivity index (χ3n) is 1.45. The number of nitrogens with two attached hydrogens (primary N) is 1. The molecule has 0 saturated carbocycles. The molecule has 0 aliphatic carbocycles. The standard InChI is InChI=1S/C9H10NO/c10-7-9-3-1-2-8(6-9)4-5-11/h1-6H,7,10H2. The molecule has 0 spiro atoms. The second-order valence-electron chi connectivity index (χ2n) is 2.25. The van der Waals surface area contributed by atoms with Crippen molar-refractivity contribution >= 4 is 6.29 Å². The summed E-state index contributed by atoms with van der Waals surface area (Å²) in [5, 5.41) is 0. The fourth-order valence-corrected chi connectivity index (χ4v) is 0.902. The first kappa shape index (κ1) is 7.95. The first-order valence-corrected chi connectivity index (χ1v) is 3.44. The minimum absolute atomic E-state index is 0.514. The van der Waals surface area contributed by atoms with Crippen molar-refractivity contribution in [1.29, 1.82) is 0 Å². The Kier molecular flexibility index (Phi) is 2.81. The number of hydrogen-bond donors (Lipinski definition) is 1. The van der Waals surface area contributed by atoms with E-state index >= 15 is 0 Å². The van der Waals surface area contributed by atoms with E-state index in [2.05, 4.69) is 0 Å². The number of carbonyl (C=O) groups excluding carboxylic acids is 1. The predicted octanol–water partition coefficient (Wildman–Crippen LogP) is 0.897. The second-order valence-corrected chi connectivity index (χ2v) is 2.25. The first-order chi connectivity index (χ1) is 5.36. The van der Waals surface area contributed by atoms with Crippen LogP contribution < -0.4 is 5.73 Å². The highest BCUT2D eigenvalue weighted by Gasteiger charge is 1.92. The molecule has 11 heavy (non-hydrogen) atoms. The number of aldehydes is 1. The zero-order chi connectivity index (χ0) is 8.10. The largest absolute Gasteiger partial charge is 0.326 e. The molecule has 0 fully saturated rings. The predicted molar refractivity (Wildman–Crippen MR) is 43.8 cm³/mol. The van der Waals surface area contributed by atoms with E-state index in [9.17, 15) is 4.79 Å². The van der Waals surface area contributed by atoms with E-state index in [4.69, 9.17) is 5.73 Å². The van der Waals surface area contributed by atoms with Gasteiger partial charge in [-0.2, -0.15) is 0 Å². The van der Waals surface area contributed by atoms with Crippen molar-refractivity contribution in [1.82, 2.24) is 0 Å². The highest BCUT2D eigenvalue weighted by atomic mass is 16.1. The van der Waals surface area contributed by atoms with Gasteiger partial charge in [0.2, 0.25) is 0 Å². The third-order valence-corrected chi connectivity index (χ3v) is 1.45. The van der Waals surface area contributed by atoms with E-state index in [-0.39, 0.29) is 0 Å². The summed E-state index contributed by atoms with van der Waals surface area (Å²) in [7, 11) is 0. The van der Waals surface area contributed by atoms with Gasteiger partial charge in [0.15, 0.2) is 0 Å². The maximum atomic E-state index is 10.1. The quantitative estimate of drug-likeness (QED) is 0.647. The molecule has 0 aliphatic rings. The minimum atomic E-state index is 0.514. The number of carbonyl (C=O) groups is 1. The van der Waals surface area contributed by atoms with Crippen LogP contribution in [0.2, 0.25) is 0 Å². The Morgan fingerprint density at radius 2 is 2.27 bits per heavy atom. The highest BCUT2D eigenvalue weighted by Crippen LogP contribution is 2.04. The average Bonchev–Trinajstić information content (AvgIpc) is 2.06. The van der Waals surface area contributed by atoms with E-state index in [0.717, 1.165) is 17.4 Å². The Labute approximate surface area is 66.0 Å². The lowest BCUT2D eigenvalue weighted by molar-refractivity contribution is -0.104. The third kappa shape index (κ3) is 2.16. The van der Waals surface area contributed by atoms with Gasteiger partial charge in [0.1, 0.15) is 6.29 Å². The Morgan fingerprint density at radius 1 is 1.45 bits per heavy atom. The minimum Gasteiger partial charge on any atom is -0.326 e. The maximum Gasteiger partial charge on any atom is 0.128 e.